The topological polar surface area (TPSA) is 52.6 Å². The average Bonchev–Trinajstić information content (AvgIpc) is 2.38. The summed E-state index contributed by atoms with van der Waals surface area (Å²) in [7, 11) is -0.291. The smallest absolute Gasteiger partial charge is 0.463 e. The maximum Gasteiger partial charge on any atom is 0.512 e. The summed E-state index contributed by atoms with van der Waals surface area (Å²) in [6, 6.07) is 7.42. The molecule has 0 radical (unpaired) electrons. The quantitative estimate of drug-likeness (QED) is 0.451. The molecule has 0 aliphatic heterocycles. The molecular weight excluding hydrogens is 251 g/mol. The van der Waals surface area contributed by atoms with Gasteiger partial charge in [0.2, 0.25) is 6.16 Å². The van der Waals surface area contributed by atoms with Crippen molar-refractivity contribution >= 4 is 20.1 Å². The normalized spacial score (nSPS) is 11.6. The first-order valence-corrected chi connectivity index (χ1v) is 6.95. The zero-order valence-corrected chi connectivity index (χ0v) is 11.4. The highest BCUT2D eigenvalue weighted by molar-refractivity contribution is 7.38. The minimum atomic E-state index is -1.70. The third kappa shape index (κ3) is 4.78. The van der Waals surface area contributed by atoms with E-state index in [0.29, 0.717) is 12.8 Å². The van der Waals surface area contributed by atoms with E-state index in [0.717, 1.165) is 11.1 Å². The highest BCUT2D eigenvalue weighted by Gasteiger charge is 2.17. The van der Waals surface area contributed by atoms with Gasteiger partial charge in [-0.15, -0.1) is 4.52 Å². The molecule has 0 aliphatic carbocycles. The summed E-state index contributed by atoms with van der Waals surface area (Å²) >= 11 is 0. The number of ether oxygens (including phenoxy) is 1. The highest BCUT2D eigenvalue weighted by Crippen LogP contribution is 2.28. The molecule has 1 rings (SSSR count). The molecule has 0 aliphatic rings. The molecule has 0 saturated heterocycles. The highest BCUT2D eigenvalue weighted by atomic mass is 31.1. The maximum absolute atomic E-state index is 11.4. The molecule has 0 spiro atoms. The molecule has 5 heteroatoms. The Labute approximate surface area is 107 Å². The number of hydrogen-bond donors (Lipinski definition) is 0. The molecule has 0 amide bonds. The minimum absolute atomic E-state index is 0.329. The fourth-order valence-electron chi connectivity index (χ4n) is 1.39. The fourth-order valence-corrected chi connectivity index (χ4v) is 2.09. The summed E-state index contributed by atoms with van der Waals surface area (Å²) in [6.45, 7) is 2.10. The van der Waals surface area contributed by atoms with Crippen LogP contribution in [0.15, 0.2) is 30.3 Å². The van der Waals surface area contributed by atoms with E-state index >= 15 is 0 Å². The van der Waals surface area contributed by atoms with Crippen molar-refractivity contribution in [3.05, 3.63) is 41.5 Å². The summed E-state index contributed by atoms with van der Waals surface area (Å²) in [5.74, 6) is -0.386. The average molecular weight is 267 g/mol. The van der Waals surface area contributed by atoms with Gasteiger partial charge >= 0.3 is 14.0 Å². The number of rotatable bonds is 6. The van der Waals surface area contributed by atoms with E-state index < -0.39 is 8.03 Å². The van der Waals surface area contributed by atoms with Crippen molar-refractivity contribution < 1.29 is 18.6 Å². The molecule has 1 atom stereocenters. The lowest BCUT2D eigenvalue weighted by Crippen LogP contribution is -1.98. The molecule has 96 valence electrons. The molecule has 0 N–H and O–H groups in total. The van der Waals surface area contributed by atoms with Crippen LogP contribution in [-0.4, -0.2) is 19.7 Å². The number of carbonyl (C=O) groups is 1. The third-order valence-electron chi connectivity index (χ3n) is 2.24. The van der Waals surface area contributed by atoms with E-state index in [1.165, 1.54) is 13.2 Å². The van der Waals surface area contributed by atoms with Gasteiger partial charge < -0.3 is 4.74 Å². The molecule has 4 nitrogen and oxygen atoms in total. The van der Waals surface area contributed by atoms with Crippen LogP contribution in [0.3, 0.4) is 0 Å². The van der Waals surface area contributed by atoms with Crippen LogP contribution >= 0.6 is 8.03 Å². The van der Waals surface area contributed by atoms with Gasteiger partial charge in [-0.1, -0.05) is 24.3 Å². The molecule has 1 unspecified atom stereocenters. The number of esters is 1. The first-order chi connectivity index (χ1) is 8.67. The summed E-state index contributed by atoms with van der Waals surface area (Å²) in [5, 5.41) is 0. The van der Waals surface area contributed by atoms with Crippen molar-refractivity contribution in [1.82, 2.24) is 0 Å². The number of benzene rings is 1. The first kappa shape index (κ1) is 14.6. The van der Waals surface area contributed by atoms with Gasteiger partial charge in [0, 0.05) is 11.6 Å². The van der Waals surface area contributed by atoms with Gasteiger partial charge in [0.15, 0.2) is 0 Å². The molecule has 1 aromatic carbocycles. The zero-order chi connectivity index (χ0) is 13.4. The van der Waals surface area contributed by atoms with Gasteiger partial charge in [-0.2, -0.15) is 0 Å². The molecule has 0 heterocycles. The van der Waals surface area contributed by atoms with Crippen LogP contribution in [0.1, 0.15) is 18.1 Å². The van der Waals surface area contributed by atoms with Gasteiger partial charge in [-0.05, 0) is 23.1 Å². The van der Waals surface area contributed by atoms with Crippen LogP contribution in [0.25, 0.3) is 6.08 Å². The Morgan fingerprint density at radius 3 is 2.78 bits per heavy atom. The standard InChI is InChI=1S/C13H16O4P/c1-3-17-13(14)9-8-11-6-4-5-7-12(11)10-18(15)16-2/h4-9H,3,10H2,1-2H3/q+1/b9-8+. The second-order valence-corrected chi connectivity index (χ2v) is 4.80. The van der Waals surface area contributed by atoms with E-state index in [1.54, 1.807) is 13.0 Å². The third-order valence-corrected chi connectivity index (χ3v) is 3.25. The van der Waals surface area contributed by atoms with E-state index in [-0.39, 0.29) is 5.97 Å². The van der Waals surface area contributed by atoms with Crippen molar-refractivity contribution in [1.29, 1.82) is 0 Å². The Morgan fingerprint density at radius 2 is 2.11 bits per heavy atom. The van der Waals surface area contributed by atoms with Crippen molar-refractivity contribution in [3.63, 3.8) is 0 Å². The fraction of sp³-hybridized carbons (Fsp3) is 0.308. The predicted octanol–water partition coefficient (Wildman–Crippen LogP) is 3.15. The summed E-state index contributed by atoms with van der Waals surface area (Å²) in [6.07, 6.45) is 3.35. The van der Waals surface area contributed by atoms with Crippen molar-refractivity contribution in [2.45, 2.75) is 13.1 Å². The van der Waals surface area contributed by atoms with Crippen molar-refractivity contribution in [2.75, 3.05) is 13.7 Å². The van der Waals surface area contributed by atoms with Crippen molar-refractivity contribution in [2.24, 2.45) is 0 Å². The number of carbonyl (C=O) groups excluding carboxylic acids is 1. The van der Waals surface area contributed by atoms with E-state index in [1.807, 2.05) is 24.3 Å². The van der Waals surface area contributed by atoms with Crippen LogP contribution in [0.2, 0.25) is 0 Å². The Bertz CT molecular complexity index is 454. The summed E-state index contributed by atoms with van der Waals surface area (Å²) < 4.78 is 20.9. The van der Waals surface area contributed by atoms with E-state index in [4.69, 9.17) is 9.26 Å². The second-order valence-electron chi connectivity index (χ2n) is 3.46. The van der Waals surface area contributed by atoms with Gasteiger partial charge in [0.25, 0.3) is 0 Å². The molecule has 0 bridgehead atoms. The second kappa shape index (κ2) is 7.75. The van der Waals surface area contributed by atoms with Crippen LogP contribution in [0.5, 0.6) is 0 Å². The Kier molecular flexibility index (Phi) is 6.26. The summed E-state index contributed by atoms with van der Waals surface area (Å²) in [5.41, 5.74) is 1.71. The Balaban J connectivity index is 2.82. The lowest BCUT2D eigenvalue weighted by molar-refractivity contribution is -0.137. The minimum Gasteiger partial charge on any atom is -0.463 e. The maximum atomic E-state index is 11.4. The Morgan fingerprint density at radius 1 is 1.39 bits per heavy atom. The van der Waals surface area contributed by atoms with Gasteiger partial charge in [0.1, 0.15) is 0 Å². The van der Waals surface area contributed by atoms with Crippen LogP contribution in [0, 0.1) is 0 Å². The number of hydrogen-bond acceptors (Lipinski definition) is 4. The predicted molar refractivity (Wildman–Crippen MR) is 70.4 cm³/mol. The SMILES string of the molecule is CCOC(=O)/C=C/c1ccccc1C[P+](=O)OC. The van der Waals surface area contributed by atoms with Crippen molar-refractivity contribution in [3.8, 4) is 0 Å². The lowest BCUT2D eigenvalue weighted by Gasteiger charge is -1.99. The molecular formula is C13H16O4P+. The molecule has 0 aromatic heterocycles. The molecule has 1 aromatic rings. The van der Waals surface area contributed by atoms with Gasteiger partial charge in [-0.25, -0.2) is 4.79 Å². The summed E-state index contributed by atoms with van der Waals surface area (Å²) in [4.78, 5) is 11.2. The van der Waals surface area contributed by atoms with Crippen LogP contribution < -0.4 is 0 Å². The first-order valence-electron chi connectivity index (χ1n) is 5.59. The van der Waals surface area contributed by atoms with E-state index in [2.05, 4.69) is 0 Å². The molecule has 0 saturated carbocycles. The van der Waals surface area contributed by atoms with Gasteiger partial charge in [0.05, 0.1) is 13.7 Å². The monoisotopic (exact) mass is 267 g/mol. The van der Waals surface area contributed by atoms with Gasteiger partial charge in [-0.3, -0.25) is 0 Å². The van der Waals surface area contributed by atoms with E-state index in [9.17, 15) is 9.36 Å². The lowest BCUT2D eigenvalue weighted by atomic mass is 10.1. The Hall–Kier alpha value is -1.51. The zero-order valence-electron chi connectivity index (χ0n) is 10.5. The van der Waals surface area contributed by atoms with Crippen LogP contribution in [0.4, 0.5) is 0 Å². The largest absolute Gasteiger partial charge is 0.512 e. The molecule has 18 heavy (non-hydrogen) atoms. The molecule has 0 fully saturated rings. The van der Waals surface area contributed by atoms with Crippen LogP contribution in [-0.2, 0) is 24.8 Å².